The van der Waals surface area contributed by atoms with Crippen LogP contribution in [0, 0.1) is 6.92 Å². The van der Waals surface area contributed by atoms with E-state index in [0.29, 0.717) is 5.02 Å². The van der Waals surface area contributed by atoms with E-state index in [9.17, 15) is 4.79 Å². The van der Waals surface area contributed by atoms with Crippen molar-refractivity contribution in [2.45, 2.75) is 13.5 Å². The van der Waals surface area contributed by atoms with Crippen molar-refractivity contribution in [1.29, 1.82) is 0 Å². The van der Waals surface area contributed by atoms with E-state index in [0.717, 1.165) is 22.0 Å². The third-order valence-electron chi connectivity index (χ3n) is 3.55. The molecule has 2 aromatic carbocycles. The monoisotopic (exact) mass is 346 g/mol. The van der Waals surface area contributed by atoms with Crippen molar-refractivity contribution in [3.8, 4) is 0 Å². The van der Waals surface area contributed by atoms with Gasteiger partial charge in [0.2, 0.25) is 6.54 Å². The Morgan fingerprint density at radius 1 is 1.13 bits per heavy atom. The standard InChI is InChI=1S/C18H15ClN2O.ClH/c1-13-6-7-16(19)10-17(13)20-18(22)12-21-9-8-14-4-2-3-5-15(14)11-21;/h2-11H,12H2,1H3;1H. The maximum atomic E-state index is 12.2. The number of anilines is 1. The fraction of sp³-hybridized carbons (Fsp3) is 0.111. The first-order valence-corrected chi connectivity index (χ1v) is 7.43. The molecule has 0 fully saturated rings. The summed E-state index contributed by atoms with van der Waals surface area (Å²) in [5.41, 5.74) is 1.74. The zero-order valence-electron chi connectivity index (χ0n) is 12.6. The van der Waals surface area contributed by atoms with Crippen molar-refractivity contribution in [3.63, 3.8) is 0 Å². The van der Waals surface area contributed by atoms with Crippen LogP contribution in [0.4, 0.5) is 5.69 Å². The predicted octanol–water partition coefficient (Wildman–Crippen LogP) is 0.732. The molecule has 1 heterocycles. The number of aromatic nitrogens is 1. The maximum Gasteiger partial charge on any atom is 0.290 e. The molecule has 1 aromatic heterocycles. The highest BCUT2D eigenvalue weighted by Gasteiger charge is 2.11. The summed E-state index contributed by atoms with van der Waals surface area (Å²) in [6, 6.07) is 15.5. The molecule has 23 heavy (non-hydrogen) atoms. The molecule has 1 amide bonds. The first kappa shape index (κ1) is 17.3. The minimum atomic E-state index is -0.0781. The van der Waals surface area contributed by atoms with E-state index in [4.69, 9.17) is 11.6 Å². The first-order valence-electron chi connectivity index (χ1n) is 7.06. The number of halogens is 2. The second-order valence-corrected chi connectivity index (χ2v) is 5.69. The molecule has 3 aromatic rings. The van der Waals surface area contributed by atoms with E-state index in [1.807, 2.05) is 60.3 Å². The number of hydrogen-bond acceptors (Lipinski definition) is 1. The number of benzene rings is 2. The first-order chi connectivity index (χ1) is 10.6. The summed E-state index contributed by atoms with van der Waals surface area (Å²) < 4.78 is 1.87. The van der Waals surface area contributed by atoms with E-state index >= 15 is 0 Å². The van der Waals surface area contributed by atoms with Gasteiger partial charge in [-0.25, -0.2) is 0 Å². The molecule has 3 rings (SSSR count). The van der Waals surface area contributed by atoms with Crippen molar-refractivity contribution in [1.82, 2.24) is 0 Å². The molecule has 0 saturated heterocycles. The average molecular weight is 347 g/mol. The summed E-state index contributed by atoms with van der Waals surface area (Å²) in [5.74, 6) is -0.0781. The van der Waals surface area contributed by atoms with Crippen LogP contribution in [0.15, 0.2) is 60.9 Å². The SMILES string of the molecule is Cc1ccc(Cl)cc1NC(=O)C[n+]1ccc2ccccc2c1.[Cl-]. The summed E-state index contributed by atoms with van der Waals surface area (Å²) in [5, 5.41) is 5.78. The molecule has 0 aliphatic rings. The number of aryl methyl sites for hydroxylation is 1. The number of pyridine rings is 1. The van der Waals surface area contributed by atoms with Crippen LogP contribution in [0.1, 0.15) is 5.56 Å². The topological polar surface area (TPSA) is 33.0 Å². The Bertz CT molecular complexity index is 849. The minimum absolute atomic E-state index is 0. The molecule has 0 unspecified atom stereocenters. The van der Waals surface area contributed by atoms with Gasteiger partial charge in [0.15, 0.2) is 12.4 Å². The van der Waals surface area contributed by atoms with Gasteiger partial charge in [-0.15, -0.1) is 0 Å². The number of carbonyl (C=O) groups is 1. The highest BCUT2D eigenvalue weighted by Crippen LogP contribution is 2.20. The van der Waals surface area contributed by atoms with Gasteiger partial charge in [-0.05, 0) is 36.1 Å². The van der Waals surface area contributed by atoms with Crippen LogP contribution < -0.4 is 22.3 Å². The van der Waals surface area contributed by atoms with Gasteiger partial charge in [0.05, 0.1) is 0 Å². The number of nitrogens with one attached hydrogen (secondary N) is 1. The van der Waals surface area contributed by atoms with Crippen LogP contribution in [0.2, 0.25) is 5.02 Å². The molecule has 3 nitrogen and oxygen atoms in total. The Morgan fingerprint density at radius 3 is 2.65 bits per heavy atom. The van der Waals surface area contributed by atoms with E-state index in [1.54, 1.807) is 6.07 Å². The van der Waals surface area contributed by atoms with Gasteiger partial charge < -0.3 is 17.7 Å². The van der Waals surface area contributed by atoms with Gasteiger partial charge in [0.1, 0.15) is 0 Å². The predicted molar refractivity (Wildman–Crippen MR) is 89.0 cm³/mol. The smallest absolute Gasteiger partial charge is 0.290 e. The minimum Gasteiger partial charge on any atom is -1.00 e. The van der Waals surface area contributed by atoms with E-state index in [-0.39, 0.29) is 24.9 Å². The van der Waals surface area contributed by atoms with E-state index < -0.39 is 0 Å². The Balaban J connectivity index is 0.00000192. The number of nitrogens with zero attached hydrogens (tertiary/aromatic N) is 1. The van der Waals surface area contributed by atoms with E-state index in [1.165, 1.54) is 0 Å². The molecule has 118 valence electrons. The number of amides is 1. The van der Waals surface area contributed by atoms with E-state index in [2.05, 4.69) is 11.4 Å². The zero-order valence-corrected chi connectivity index (χ0v) is 14.1. The number of carbonyl (C=O) groups excluding carboxylic acids is 1. The van der Waals surface area contributed by atoms with Crippen molar-refractivity contribution in [2.75, 3.05) is 5.32 Å². The zero-order chi connectivity index (χ0) is 15.5. The van der Waals surface area contributed by atoms with Crippen LogP contribution in [-0.4, -0.2) is 5.91 Å². The van der Waals surface area contributed by atoms with Crippen molar-refractivity contribution < 1.29 is 21.8 Å². The molecular weight excluding hydrogens is 331 g/mol. The number of hydrogen-bond donors (Lipinski definition) is 1. The maximum absolute atomic E-state index is 12.2. The summed E-state index contributed by atoms with van der Waals surface area (Å²) in [6.07, 6.45) is 3.88. The summed E-state index contributed by atoms with van der Waals surface area (Å²) in [4.78, 5) is 12.2. The quantitative estimate of drug-likeness (QED) is 0.697. The lowest BCUT2D eigenvalue weighted by Gasteiger charge is -2.07. The molecule has 0 spiro atoms. The van der Waals surface area contributed by atoms with Gasteiger partial charge in [-0.1, -0.05) is 35.9 Å². The lowest BCUT2D eigenvalue weighted by molar-refractivity contribution is -0.682. The molecule has 0 atom stereocenters. The molecule has 0 bridgehead atoms. The Kier molecular flexibility index (Phi) is 5.59. The lowest BCUT2D eigenvalue weighted by atomic mass is 10.2. The van der Waals surface area contributed by atoms with Gasteiger partial charge in [-0.3, -0.25) is 4.79 Å². The molecule has 0 aliphatic carbocycles. The fourth-order valence-corrected chi connectivity index (χ4v) is 2.53. The summed E-state index contributed by atoms with van der Waals surface area (Å²) >= 11 is 5.97. The fourth-order valence-electron chi connectivity index (χ4n) is 2.36. The normalized spacial score (nSPS) is 10.2. The highest BCUT2D eigenvalue weighted by molar-refractivity contribution is 6.31. The van der Waals surface area contributed by atoms with Crippen LogP contribution in [0.3, 0.4) is 0 Å². The van der Waals surface area contributed by atoms with Gasteiger partial charge in [0, 0.05) is 22.2 Å². The molecule has 0 saturated carbocycles. The summed E-state index contributed by atoms with van der Waals surface area (Å²) in [7, 11) is 0. The second kappa shape index (κ2) is 7.44. The third-order valence-corrected chi connectivity index (χ3v) is 3.78. The molecule has 5 heteroatoms. The number of fused-ring (bicyclic) bond motifs is 1. The molecule has 0 aliphatic heterocycles. The molecule has 0 radical (unpaired) electrons. The largest absolute Gasteiger partial charge is 1.00 e. The Morgan fingerprint density at radius 2 is 1.87 bits per heavy atom. The van der Waals surface area contributed by atoms with Crippen LogP contribution in [0.5, 0.6) is 0 Å². The Hall–Kier alpha value is -2.10. The van der Waals surface area contributed by atoms with Gasteiger partial charge in [0.25, 0.3) is 5.91 Å². The van der Waals surface area contributed by atoms with Gasteiger partial charge >= 0.3 is 0 Å². The van der Waals surface area contributed by atoms with Gasteiger partial charge in [-0.2, -0.15) is 4.57 Å². The number of rotatable bonds is 3. The van der Waals surface area contributed by atoms with Crippen molar-refractivity contribution >= 4 is 34.0 Å². The molecular formula is C18H16Cl2N2O. The van der Waals surface area contributed by atoms with Crippen LogP contribution >= 0.6 is 11.6 Å². The lowest BCUT2D eigenvalue weighted by Crippen LogP contribution is -3.00. The van der Waals surface area contributed by atoms with Crippen molar-refractivity contribution in [3.05, 3.63) is 71.5 Å². The summed E-state index contributed by atoms with van der Waals surface area (Å²) in [6.45, 7) is 2.20. The third kappa shape index (κ3) is 4.21. The average Bonchev–Trinajstić information content (AvgIpc) is 2.51. The van der Waals surface area contributed by atoms with Crippen LogP contribution in [0.25, 0.3) is 10.8 Å². The molecule has 1 N–H and O–H groups in total. The second-order valence-electron chi connectivity index (χ2n) is 5.25. The van der Waals surface area contributed by atoms with Crippen LogP contribution in [-0.2, 0) is 11.3 Å². The van der Waals surface area contributed by atoms with Crippen molar-refractivity contribution in [2.24, 2.45) is 0 Å². The highest BCUT2D eigenvalue weighted by atomic mass is 35.5. The Labute approximate surface area is 146 Å².